The molecule has 0 spiro atoms. The molecule has 0 saturated carbocycles. The summed E-state index contributed by atoms with van der Waals surface area (Å²) in [6.45, 7) is 6.83. The van der Waals surface area contributed by atoms with Crippen LogP contribution in [0.1, 0.15) is 37.6 Å². The van der Waals surface area contributed by atoms with E-state index in [2.05, 4.69) is 29.4 Å². The van der Waals surface area contributed by atoms with Crippen molar-refractivity contribution in [3.8, 4) is 0 Å². The lowest BCUT2D eigenvalue weighted by molar-refractivity contribution is 0.427. The van der Waals surface area contributed by atoms with E-state index in [9.17, 15) is 4.39 Å². The molecule has 0 aliphatic rings. The van der Waals surface area contributed by atoms with E-state index < -0.39 is 6.67 Å². The molecule has 0 aliphatic carbocycles. The Morgan fingerprint density at radius 3 is 2.95 bits per heavy atom. The Balaban J connectivity index is 2.03. The van der Waals surface area contributed by atoms with Gasteiger partial charge in [0.25, 0.3) is 0 Å². The summed E-state index contributed by atoms with van der Waals surface area (Å²) in [4.78, 5) is 0. The van der Waals surface area contributed by atoms with Crippen LogP contribution < -0.4 is 5.32 Å². The van der Waals surface area contributed by atoms with Crippen molar-refractivity contribution in [3.05, 3.63) is 29.7 Å². The number of nitrogens with one attached hydrogen (secondary N) is 1. The van der Waals surface area contributed by atoms with Crippen molar-refractivity contribution >= 4 is 5.82 Å². The first-order valence-electron chi connectivity index (χ1n) is 7.02. The van der Waals surface area contributed by atoms with E-state index in [0.717, 1.165) is 23.5 Å². The van der Waals surface area contributed by atoms with E-state index in [0.29, 0.717) is 19.1 Å². The number of hydrogen-bond donors (Lipinski definition) is 1. The lowest BCUT2D eigenvalue weighted by atomic mass is 10.2. The number of anilines is 1. The standard InChI is InChI=1S/C14H22FN5/c1-4-12(3)20-13(5-7-17-20)9-16-14-11(2)10-19(18-14)8-6-15/h5,7,10,12H,4,6,8-9H2,1-3H3,(H,16,18)/t12-/m0/s1. The first kappa shape index (κ1) is 14.6. The minimum absolute atomic E-state index is 0.299. The number of hydrogen-bond acceptors (Lipinski definition) is 3. The van der Waals surface area contributed by atoms with Gasteiger partial charge in [0.05, 0.1) is 18.8 Å². The highest BCUT2D eigenvalue weighted by Crippen LogP contribution is 2.16. The molecular weight excluding hydrogens is 257 g/mol. The van der Waals surface area contributed by atoms with Gasteiger partial charge in [-0.25, -0.2) is 4.39 Å². The number of aromatic nitrogens is 4. The number of alkyl halides is 1. The van der Waals surface area contributed by atoms with Crippen LogP contribution >= 0.6 is 0 Å². The van der Waals surface area contributed by atoms with Gasteiger partial charge in [0.2, 0.25) is 0 Å². The Hall–Kier alpha value is -1.85. The minimum Gasteiger partial charge on any atom is -0.363 e. The fraction of sp³-hybridized carbons (Fsp3) is 0.571. The van der Waals surface area contributed by atoms with Crippen molar-refractivity contribution < 1.29 is 4.39 Å². The molecule has 0 fully saturated rings. The number of nitrogens with zero attached hydrogens (tertiary/aromatic N) is 4. The van der Waals surface area contributed by atoms with Crippen LogP contribution in [-0.4, -0.2) is 26.2 Å². The van der Waals surface area contributed by atoms with Gasteiger partial charge in [0.15, 0.2) is 5.82 Å². The summed E-state index contributed by atoms with van der Waals surface area (Å²) in [5, 5.41) is 12.0. The molecule has 2 aromatic rings. The highest BCUT2D eigenvalue weighted by Gasteiger charge is 2.10. The van der Waals surface area contributed by atoms with Crippen LogP contribution in [0.5, 0.6) is 0 Å². The van der Waals surface area contributed by atoms with Gasteiger partial charge in [-0.15, -0.1) is 0 Å². The summed E-state index contributed by atoms with van der Waals surface area (Å²) in [5.74, 6) is 0.801. The predicted octanol–water partition coefficient (Wildman–Crippen LogP) is 2.94. The van der Waals surface area contributed by atoms with Crippen molar-refractivity contribution in [1.29, 1.82) is 0 Å². The molecule has 0 aromatic carbocycles. The van der Waals surface area contributed by atoms with Gasteiger partial charge >= 0.3 is 0 Å². The molecule has 110 valence electrons. The van der Waals surface area contributed by atoms with Crippen molar-refractivity contribution in [1.82, 2.24) is 19.6 Å². The Kier molecular flexibility index (Phi) is 4.76. The topological polar surface area (TPSA) is 47.7 Å². The lowest BCUT2D eigenvalue weighted by Crippen LogP contribution is -2.13. The summed E-state index contributed by atoms with van der Waals surface area (Å²) in [6.07, 6.45) is 4.71. The summed E-state index contributed by atoms with van der Waals surface area (Å²) >= 11 is 0. The Morgan fingerprint density at radius 1 is 1.45 bits per heavy atom. The summed E-state index contributed by atoms with van der Waals surface area (Å²) < 4.78 is 16.0. The molecule has 0 unspecified atom stereocenters. The number of aryl methyl sites for hydroxylation is 2. The second-order valence-corrected chi connectivity index (χ2v) is 4.99. The van der Waals surface area contributed by atoms with E-state index >= 15 is 0 Å². The van der Waals surface area contributed by atoms with E-state index in [1.54, 1.807) is 4.68 Å². The SMILES string of the molecule is CC[C@H](C)n1nccc1CNc1nn(CCF)cc1C. The second-order valence-electron chi connectivity index (χ2n) is 4.99. The highest BCUT2D eigenvalue weighted by atomic mass is 19.1. The fourth-order valence-corrected chi connectivity index (χ4v) is 2.12. The molecule has 1 atom stereocenters. The highest BCUT2D eigenvalue weighted by molar-refractivity contribution is 5.42. The molecule has 2 aromatic heterocycles. The second kappa shape index (κ2) is 6.54. The molecule has 2 heterocycles. The van der Waals surface area contributed by atoms with Gasteiger partial charge in [-0.2, -0.15) is 10.2 Å². The molecule has 0 amide bonds. The maximum atomic E-state index is 12.3. The van der Waals surface area contributed by atoms with Gasteiger partial charge in [-0.05, 0) is 26.3 Å². The van der Waals surface area contributed by atoms with Gasteiger partial charge < -0.3 is 5.32 Å². The molecular formula is C14H22FN5. The third-order valence-corrected chi connectivity index (χ3v) is 3.46. The molecule has 20 heavy (non-hydrogen) atoms. The van der Waals surface area contributed by atoms with Crippen molar-refractivity contribution in [2.45, 2.75) is 46.3 Å². The summed E-state index contributed by atoms with van der Waals surface area (Å²) in [5.41, 5.74) is 2.15. The molecule has 0 aliphatic heterocycles. The molecule has 0 bridgehead atoms. The number of halogens is 1. The normalized spacial score (nSPS) is 12.6. The van der Waals surface area contributed by atoms with Gasteiger partial charge in [0.1, 0.15) is 6.67 Å². The first-order chi connectivity index (χ1) is 9.65. The zero-order valence-corrected chi connectivity index (χ0v) is 12.3. The largest absolute Gasteiger partial charge is 0.363 e. The van der Waals surface area contributed by atoms with Crippen molar-refractivity contribution in [3.63, 3.8) is 0 Å². The van der Waals surface area contributed by atoms with E-state index in [-0.39, 0.29) is 0 Å². The van der Waals surface area contributed by atoms with Crippen LogP contribution in [0.2, 0.25) is 0 Å². The number of rotatable bonds is 7. The molecule has 0 radical (unpaired) electrons. The molecule has 1 N–H and O–H groups in total. The molecule has 6 heteroatoms. The van der Waals surface area contributed by atoms with E-state index in [1.807, 2.05) is 30.1 Å². The Bertz CT molecular complexity index is 546. The first-order valence-corrected chi connectivity index (χ1v) is 7.02. The van der Waals surface area contributed by atoms with Crippen molar-refractivity contribution in [2.75, 3.05) is 12.0 Å². The van der Waals surface area contributed by atoms with E-state index in [1.165, 1.54) is 0 Å². The van der Waals surface area contributed by atoms with Gasteiger partial charge in [0, 0.05) is 24.0 Å². The average Bonchev–Trinajstić information content (AvgIpc) is 3.03. The zero-order valence-electron chi connectivity index (χ0n) is 12.3. The lowest BCUT2D eigenvalue weighted by Gasteiger charge is -2.14. The molecule has 5 nitrogen and oxygen atoms in total. The summed E-state index contributed by atoms with van der Waals surface area (Å²) in [6, 6.07) is 2.39. The van der Waals surface area contributed by atoms with Crippen LogP contribution in [0.3, 0.4) is 0 Å². The van der Waals surface area contributed by atoms with E-state index in [4.69, 9.17) is 0 Å². The van der Waals surface area contributed by atoms with Gasteiger partial charge in [-0.3, -0.25) is 9.36 Å². The molecule has 2 rings (SSSR count). The van der Waals surface area contributed by atoms with Crippen LogP contribution in [-0.2, 0) is 13.1 Å². The monoisotopic (exact) mass is 279 g/mol. The smallest absolute Gasteiger partial charge is 0.151 e. The summed E-state index contributed by atoms with van der Waals surface area (Å²) in [7, 11) is 0. The van der Waals surface area contributed by atoms with Crippen LogP contribution in [0.25, 0.3) is 0 Å². The third kappa shape index (κ3) is 3.18. The molecule has 0 saturated heterocycles. The van der Waals surface area contributed by atoms with Crippen molar-refractivity contribution in [2.24, 2.45) is 0 Å². The fourth-order valence-electron chi connectivity index (χ4n) is 2.12. The maximum Gasteiger partial charge on any atom is 0.151 e. The Morgan fingerprint density at radius 2 is 2.25 bits per heavy atom. The maximum absolute atomic E-state index is 12.3. The average molecular weight is 279 g/mol. The zero-order chi connectivity index (χ0) is 14.5. The Labute approximate surface area is 118 Å². The van der Waals surface area contributed by atoms with Crippen LogP contribution in [0, 0.1) is 6.92 Å². The van der Waals surface area contributed by atoms with Crippen LogP contribution in [0.4, 0.5) is 10.2 Å². The minimum atomic E-state index is -0.401. The van der Waals surface area contributed by atoms with Crippen LogP contribution in [0.15, 0.2) is 18.5 Å². The third-order valence-electron chi connectivity index (χ3n) is 3.46. The van der Waals surface area contributed by atoms with Gasteiger partial charge in [-0.1, -0.05) is 6.92 Å². The quantitative estimate of drug-likeness (QED) is 0.847. The predicted molar refractivity (Wildman–Crippen MR) is 77.5 cm³/mol.